The lowest BCUT2D eigenvalue weighted by Gasteiger charge is -2.37. The van der Waals surface area contributed by atoms with Crippen LogP contribution in [0.15, 0.2) is 12.1 Å². The zero-order valence-electron chi connectivity index (χ0n) is 11.7. The molecule has 3 nitrogen and oxygen atoms in total. The van der Waals surface area contributed by atoms with Gasteiger partial charge in [-0.2, -0.15) is 0 Å². The summed E-state index contributed by atoms with van der Waals surface area (Å²) in [6.07, 6.45) is 0.973. The van der Waals surface area contributed by atoms with E-state index in [-0.39, 0.29) is 5.54 Å². The highest BCUT2D eigenvalue weighted by Gasteiger charge is 2.27. The van der Waals surface area contributed by atoms with Gasteiger partial charge in [0.15, 0.2) is 0 Å². The van der Waals surface area contributed by atoms with E-state index in [9.17, 15) is 0 Å². The lowest BCUT2D eigenvalue weighted by molar-refractivity contribution is 0.164. The van der Waals surface area contributed by atoms with Crippen LogP contribution in [0.3, 0.4) is 0 Å². The minimum absolute atomic E-state index is 0.0259. The molecule has 96 valence electrons. The predicted octanol–water partition coefficient (Wildman–Crippen LogP) is 2.60. The van der Waals surface area contributed by atoms with Crippen LogP contribution in [0.1, 0.15) is 38.8 Å². The Kier molecular flexibility index (Phi) is 4.04. The standard InChI is InChI=1S/C14H25N3/c1-6-10-8-12(15)13(16)9-11(10)14(3,4)17(5)7-2/h8-9H,6-7,15-16H2,1-5H3. The lowest BCUT2D eigenvalue weighted by Crippen LogP contribution is -2.39. The second kappa shape index (κ2) is 4.96. The molecule has 3 heteroatoms. The number of rotatable bonds is 4. The van der Waals surface area contributed by atoms with Gasteiger partial charge >= 0.3 is 0 Å². The molecule has 0 aromatic heterocycles. The molecular formula is C14H25N3. The van der Waals surface area contributed by atoms with Crippen LogP contribution in [0.5, 0.6) is 0 Å². The summed E-state index contributed by atoms with van der Waals surface area (Å²) >= 11 is 0. The molecule has 0 atom stereocenters. The van der Waals surface area contributed by atoms with Crippen molar-refractivity contribution < 1.29 is 0 Å². The Labute approximate surface area is 105 Å². The van der Waals surface area contributed by atoms with Gasteiger partial charge in [-0.25, -0.2) is 0 Å². The molecule has 0 radical (unpaired) electrons. The molecule has 1 aromatic carbocycles. The summed E-state index contributed by atoms with van der Waals surface area (Å²) in [5.41, 5.74) is 15.7. The topological polar surface area (TPSA) is 55.3 Å². The molecule has 0 fully saturated rings. The number of anilines is 2. The van der Waals surface area contributed by atoms with Crippen LogP contribution in [-0.2, 0) is 12.0 Å². The third-order valence-electron chi connectivity index (χ3n) is 3.78. The molecule has 0 aliphatic rings. The van der Waals surface area contributed by atoms with Gasteiger partial charge < -0.3 is 11.5 Å². The van der Waals surface area contributed by atoms with Crippen LogP contribution in [0, 0.1) is 0 Å². The van der Waals surface area contributed by atoms with Gasteiger partial charge in [-0.1, -0.05) is 13.8 Å². The Morgan fingerprint density at radius 3 is 2.12 bits per heavy atom. The van der Waals surface area contributed by atoms with Gasteiger partial charge in [0.05, 0.1) is 11.4 Å². The number of nitrogen functional groups attached to an aromatic ring is 2. The van der Waals surface area contributed by atoms with Gasteiger partial charge in [0.25, 0.3) is 0 Å². The van der Waals surface area contributed by atoms with Crippen LogP contribution in [0.4, 0.5) is 11.4 Å². The Morgan fingerprint density at radius 2 is 1.65 bits per heavy atom. The smallest absolute Gasteiger partial charge is 0.0551 e. The second-order valence-electron chi connectivity index (χ2n) is 5.07. The first-order valence-electron chi connectivity index (χ1n) is 6.24. The van der Waals surface area contributed by atoms with Gasteiger partial charge in [0.1, 0.15) is 0 Å². The molecule has 4 N–H and O–H groups in total. The summed E-state index contributed by atoms with van der Waals surface area (Å²) < 4.78 is 0. The first-order chi connectivity index (χ1) is 7.84. The SMILES string of the molecule is CCc1cc(N)c(N)cc1C(C)(C)N(C)CC. The van der Waals surface area contributed by atoms with Gasteiger partial charge in [-0.3, -0.25) is 4.90 Å². The third-order valence-corrected chi connectivity index (χ3v) is 3.78. The zero-order valence-corrected chi connectivity index (χ0v) is 11.7. The summed E-state index contributed by atoms with van der Waals surface area (Å²) in [6.45, 7) is 9.76. The fourth-order valence-electron chi connectivity index (χ4n) is 2.14. The van der Waals surface area contributed by atoms with E-state index in [1.54, 1.807) is 0 Å². The Balaban J connectivity index is 3.34. The molecule has 1 aromatic rings. The van der Waals surface area contributed by atoms with Gasteiger partial charge in [0, 0.05) is 5.54 Å². The number of benzene rings is 1. The van der Waals surface area contributed by atoms with E-state index >= 15 is 0 Å². The maximum Gasteiger partial charge on any atom is 0.0551 e. The van der Waals surface area contributed by atoms with Crippen LogP contribution < -0.4 is 11.5 Å². The Bertz CT molecular complexity index is 397. The van der Waals surface area contributed by atoms with Crippen molar-refractivity contribution >= 4 is 11.4 Å². The van der Waals surface area contributed by atoms with E-state index in [1.165, 1.54) is 11.1 Å². The zero-order chi connectivity index (χ0) is 13.2. The fourth-order valence-corrected chi connectivity index (χ4v) is 2.14. The molecule has 0 aliphatic heterocycles. The van der Waals surface area contributed by atoms with E-state index in [2.05, 4.69) is 39.6 Å². The van der Waals surface area contributed by atoms with Gasteiger partial charge in [-0.15, -0.1) is 0 Å². The summed E-state index contributed by atoms with van der Waals surface area (Å²) in [5.74, 6) is 0. The third kappa shape index (κ3) is 2.55. The summed E-state index contributed by atoms with van der Waals surface area (Å²) in [4.78, 5) is 2.32. The number of hydrogen-bond donors (Lipinski definition) is 2. The van der Waals surface area contributed by atoms with Crippen molar-refractivity contribution in [2.24, 2.45) is 0 Å². The van der Waals surface area contributed by atoms with Crippen molar-refractivity contribution in [3.8, 4) is 0 Å². The minimum atomic E-state index is -0.0259. The largest absolute Gasteiger partial charge is 0.397 e. The van der Waals surface area contributed by atoms with E-state index in [0.717, 1.165) is 13.0 Å². The normalized spacial score (nSPS) is 12.1. The van der Waals surface area contributed by atoms with Gasteiger partial charge in [-0.05, 0) is 57.1 Å². The van der Waals surface area contributed by atoms with E-state index in [4.69, 9.17) is 11.5 Å². The summed E-state index contributed by atoms with van der Waals surface area (Å²) in [6, 6.07) is 4.04. The maximum absolute atomic E-state index is 5.94. The number of nitrogens with two attached hydrogens (primary N) is 2. The monoisotopic (exact) mass is 235 g/mol. The van der Waals surface area contributed by atoms with Crippen molar-refractivity contribution in [2.45, 2.75) is 39.7 Å². The minimum Gasteiger partial charge on any atom is -0.397 e. The van der Waals surface area contributed by atoms with E-state index < -0.39 is 0 Å². The molecule has 0 unspecified atom stereocenters. The van der Waals surface area contributed by atoms with Crippen LogP contribution >= 0.6 is 0 Å². The van der Waals surface area contributed by atoms with Gasteiger partial charge in [0.2, 0.25) is 0 Å². The second-order valence-corrected chi connectivity index (χ2v) is 5.07. The molecule has 0 aliphatic carbocycles. The fraction of sp³-hybridized carbons (Fsp3) is 0.571. The average Bonchev–Trinajstić information content (AvgIpc) is 2.30. The van der Waals surface area contributed by atoms with Crippen molar-refractivity contribution in [2.75, 3.05) is 25.1 Å². The van der Waals surface area contributed by atoms with Crippen LogP contribution in [0.25, 0.3) is 0 Å². The molecule has 1 rings (SSSR count). The molecule has 0 amide bonds. The highest BCUT2D eigenvalue weighted by Crippen LogP contribution is 2.33. The maximum atomic E-state index is 5.94. The first-order valence-corrected chi connectivity index (χ1v) is 6.24. The lowest BCUT2D eigenvalue weighted by atomic mass is 9.86. The van der Waals surface area contributed by atoms with Crippen molar-refractivity contribution in [3.63, 3.8) is 0 Å². The number of aryl methyl sites for hydroxylation is 1. The highest BCUT2D eigenvalue weighted by atomic mass is 15.2. The molecule has 0 spiro atoms. The quantitative estimate of drug-likeness (QED) is 0.789. The molecule has 0 saturated heterocycles. The summed E-state index contributed by atoms with van der Waals surface area (Å²) in [7, 11) is 2.13. The van der Waals surface area contributed by atoms with Crippen molar-refractivity contribution in [1.29, 1.82) is 0 Å². The van der Waals surface area contributed by atoms with Crippen molar-refractivity contribution in [3.05, 3.63) is 23.3 Å². The highest BCUT2D eigenvalue weighted by molar-refractivity contribution is 5.66. The van der Waals surface area contributed by atoms with Crippen LogP contribution in [-0.4, -0.2) is 18.5 Å². The summed E-state index contributed by atoms with van der Waals surface area (Å²) in [5, 5.41) is 0. The Hall–Kier alpha value is -1.22. The molecule has 0 bridgehead atoms. The van der Waals surface area contributed by atoms with E-state index in [1.807, 2.05) is 12.1 Å². The molecular weight excluding hydrogens is 210 g/mol. The molecule has 17 heavy (non-hydrogen) atoms. The number of hydrogen-bond acceptors (Lipinski definition) is 3. The predicted molar refractivity (Wildman–Crippen MR) is 76.0 cm³/mol. The molecule has 0 heterocycles. The average molecular weight is 235 g/mol. The first kappa shape index (κ1) is 13.8. The van der Waals surface area contributed by atoms with Crippen LogP contribution in [0.2, 0.25) is 0 Å². The van der Waals surface area contributed by atoms with E-state index in [0.29, 0.717) is 11.4 Å². The van der Waals surface area contributed by atoms with Crippen molar-refractivity contribution in [1.82, 2.24) is 4.90 Å². The Morgan fingerprint density at radius 1 is 1.12 bits per heavy atom. The number of nitrogens with zero attached hydrogens (tertiary/aromatic N) is 1. The molecule has 0 saturated carbocycles.